The van der Waals surface area contributed by atoms with E-state index in [2.05, 4.69) is 16.9 Å². The Balaban J connectivity index is 1.91. The van der Waals surface area contributed by atoms with E-state index in [0.717, 1.165) is 31.4 Å². The average molecular weight is 263 g/mol. The Bertz CT molecular complexity index is 387. The molecule has 1 aliphatic rings. The van der Waals surface area contributed by atoms with Gasteiger partial charge < -0.3 is 10.5 Å². The van der Waals surface area contributed by atoms with Crippen molar-refractivity contribution in [2.75, 3.05) is 6.61 Å². The van der Waals surface area contributed by atoms with Crippen molar-refractivity contribution >= 4 is 0 Å². The maximum atomic E-state index is 6.44. The normalized spacial score (nSPS) is 18.8. The van der Waals surface area contributed by atoms with Crippen molar-refractivity contribution < 1.29 is 4.74 Å². The van der Waals surface area contributed by atoms with Crippen LogP contribution in [-0.4, -0.2) is 22.1 Å². The number of aromatic nitrogens is 2. The number of hydrogen-bond acceptors (Lipinski definition) is 4. The van der Waals surface area contributed by atoms with Gasteiger partial charge in [0.25, 0.3) is 0 Å². The topological polar surface area (TPSA) is 61.0 Å². The summed E-state index contributed by atoms with van der Waals surface area (Å²) in [7, 11) is 0. The summed E-state index contributed by atoms with van der Waals surface area (Å²) in [5.41, 5.74) is 7.30. The van der Waals surface area contributed by atoms with Crippen LogP contribution in [0.5, 0.6) is 5.88 Å². The van der Waals surface area contributed by atoms with Gasteiger partial charge >= 0.3 is 0 Å². The van der Waals surface area contributed by atoms with Gasteiger partial charge in [0.15, 0.2) is 0 Å². The third kappa shape index (κ3) is 4.46. The molecule has 0 spiro atoms. The number of aryl methyl sites for hydroxylation is 1. The molecule has 0 aliphatic heterocycles. The first kappa shape index (κ1) is 14.3. The van der Waals surface area contributed by atoms with Gasteiger partial charge in [-0.05, 0) is 19.3 Å². The summed E-state index contributed by atoms with van der Waals surface area (Å²) in [5.74, 6) is 0.660. The highest BCUT2D eigenvalue weighted by Gasteiger charge is 2.27. The standard InChI is InChI=1S/C15H25N3O/c1-2-7-13-10-14(18-12-17-13)19-11-15(16)8-5-3-4-6-9-15/h10,12H,2-9,11,16H2,1H3. The minimum absolute atomic E-state index is 0.174. The number of ether oxygens (including phenoxy) is 1. The van der Waals surface area contributed by atoms with E-state index in [1.165, 1.54) is 25.7 Å². The van der Waals surface area contributed by atoms with Crippen molar-refractivity contribution in [1.29, 1.82) is 0 Å². The van der Waals surface area contributed by atoms with Gasteiger partial charge in [0.05, 0.1) is 5.54 Å². The highest BCUT2D eigenvalue weighted by molar-refractivity contribution is 5.14. The predicted molar refractivity (Wildman–Crippen MR) is 76.1 cm³/mol. The van der Waals surface area contributed by atoms with Crippen molar-refractivity contribution in [3.63, 3.8) is 0 Å². The summed E-state index contributed by atoms with van der Waals surface area (Å²) >= 11 is 0. The van der Waals surface area contributed by atoms with Gasteiger partial charge in [0.2, 0.25) is 5.88 Å². The minimum Gasteiger partial charge on any atom is -0.476 e. The Labute approximate surface area is 115 Å². The third-order valence-electron chi connectivity index (χ3n) is 3.81. The van der Waals surface area contributed by atoms with Crippen molar-refractivity contribution in [2.45, 2.75) is 63.8 Å². The highest BCUT2D eigenvalue weighted by Crippen LogP contribution is 2.25. The molecule has 4 heteroatoms. The average Bonchev–Trinajstić information content (AvgIpc) is 2.63. The molecule has 19 heavy (non-hydrogen) atoms. The Morgan fingerprint density at radius 3 is 2.63 bits per heavy atom. The second kappa shape index (κ2) is 6.85. The van der Waals surface area contributed by atoms with Gasteiger partial charge in [-0.1, -0.05) is 39.0 Å². The summed E-state index contributed by atoms with van der Waals surface area (Å²) < 4.78 is 5.81. The van der Waals surface area contributed by atoms with Crippen molar-refractivity contribution in [2.24, 2.45) is 5.73 Å². The molecule has 0 bridgehead atoms. The van der Waals surface area contributed by atoms with Gasteiger partial charge in [0, 0.05) is 11.8 Å². The zero-order valence-electron chi connectivity index (χ0n) is 11.9. The van der Waals surface area contributed by atoms with Crippen LogP contribution in [0.2, 0.25) is 0 Å². The zero-order chi connectivity index (χ0) is 13.6. The molecule has 0 unspecified atom stereocenters. The van der Waals surface area contributed by atoms with Crippen LogP contribution in [0.4, 0.5) is 0 Å². The van der Waals surface area contributed by atoms with Crippen LogP contribution < -0.4 is 10.5 Å². The molecule has 1 aliphatic carbocycles. The van der Waals surface area contributed by atoms with E-state index < -0.39 is 0 Å². The van der Waals surface area contributed by atoms with Crippen LogP contribution in [0.3, 0.4) is 0 Å². The van der Waals surface area contributed by atoms with E-state index in [-0.39, 0.29) is 5.54 Å². The van der Waals surface area contributed by atoms with Crippen molar-refractivity contribution in [3.8, 4) is 5.88 Å². The molecule has 2 N–H and O–H groups in total. The number of hydrogen-bond donors (Lipinski definition) is 1. The van der Waals surface area contributed by atoms with Crippen LogP contribution in [-0.2, 0) is 6.42 Å². The molecular formula is C15H25N3O. The summed E-state index contributed by atoms with van der Waals surface area (Å²) in [6.45, 7) is 2.71. The van der Waals surface area contributed by atoms with E-state index >= 15 is 0 Å². The fourth-order valence-electron chi connectivity index (χ4n) is 2.64. The minimum atomic E-state index is -0.174. The lowest BCUT2D eigenvalue weighted by Crippen LogP contribution is -2.45. The van der Waals surface area contributed by atoms with E-state index in [0.29, 0.717) is 12.5 Å². The molecule has 0 saturated heterocycles. The number of nitrogens with zero attached hydrogens (tertiary/aromatic N) is 2. The van der Waals surface area contributed by atoms with Crippen LogP contribution in [0.1, 0.15) is 57.6 Å². The Morgan fingerprint density at radius 1 is 1.21 bits per heavy atom. The van der Waals surface area contributed by atoms with Crippen LogP contribution in [0.15, 0.2) is 12.4 Å². The molecule has 0 atom stereocenters. The molecule has 1 heterocycles. The van der Waals surface area contributed by atoms with Crippen LogP contribution in [0, 0.1) is 0 Å². The van der Waals surface area contributed by atoms with Gasteiger partial charge in [-0.15, -0.1) is 0 Å². The molecule has 0 radical (unpaired) electrons. The molecular weight excluding hydrogens is 238 g/mol. The SMILES string of the molecule is CCCc1cc(OCC2(N)CCCCCC2)ncn1. The fourth-order valence-corrected chi connectivity index (χ4v) is 2.64. The van der Waals surface area contributed by atoms with Crippen molar-refractivity contribution in [1.82, 2.24) is 9.97 Å². The smallest absolute Gasteiger partial charge is 0.216 e. The first-order valence-electron chi connectivity index (χ1n) is 7.44. The maximum Gasteiger partial charge on any atom is 0.216 e. The molecule has 1 aromatic rings. The summed E-state index contributed by atoms with van der Waals surface area (Å²) in [6, 6.07) is 1.93. The van der Waals surface area contributed by atoms with Gasteiger partial charge in [0.1, 0.15) is 12.9 Å². The molecule has 0 amide bonds. The lowest BCUT2D eigenvalue weighted by Gasteiger charge is -2.27. The predicted octanol–water partition coefficient (Wildman–Crippen LogP) is 2.86. The molecule has 106 valence electrons. The summed E-state index contributed by atoms with van der Waals surface area (Å²) in [6.07, 6.45) is 10.8. The lowest BCUT2D eigenvalue weighted by molar-refractivity contribution is 0.193. The molecule has 0 aromatic carbocycles. The zero-order valence-corrected chi connectivity index (χ0v) is 11.9. The van der Waals surface area contributed by atoms with E-state index in [9.17, 15) is 0 Å². The van der Waals surface area contributed by atoms with E-state index in [1.54, 1.807) is 6.33 Å². The van der Waals surface area contributed by atoms with E-state index in [4.69, 9.17) is 10.5 Å². The first-order valence-corrected chi connectivity index (χ1v) is 7.44. The van der Waals surface area contributed by atoms with Gasteiger partial charge in [-0.2, -0.15) is 0 Å². The monoisotopic (exact) mass is 263 g/mol. The van der Waals surface area contributed by atoms with E-state index in [1.807, 2.05) is 6.07 Å². The van der Waals surface area contributed by atoms with Crippen molar-refractivity contribution in [3.05, 3.63) is 18.1 Å². The highest BCUT2D eigenvalue weighted by atomic mass is 16.5. The third-order valence-corrected chi connectivity index (χ3v) is 3.81. The quantitative estimate of drug-likeness (QED) is 0.830. The van der Waals surface area contributed by atoms with Crippen LogP contribution in [0.25, 0.3) is 0 Å². The second-order valence-corrected chi connectivity index (χ2v) is 5.66. The molecule has 1 fully saturated rings. The Morgan fingerprint density at radius 2 is 1.95 bits per heavy atom. The largest absolute Gasteiger partial charge is 0.476 e. The molecule has 4 nitrogen and oxygen atoms in total. The Hall–Kier alpha value is -1.16. The fraction of sp³-hybridized carbons (Fsp3) is 0.733. The summed E-state index contributed by atoms with van der Waals surface area (Å²) in [5, 5.41) is 0. The Kier molecular flexibility index (Phi) is 5.14. The van der Waals surface area contributed by atoms with Crippen LogP contribution >= 0.6 is 0 Å². The molecule has 1 saturated carbocycles. The first-order chi connectivity index (χ1) is 9.22. The summed E-state index contributed by atoms with van der Waals surface area (Å²) in [4.78, 5) is 8.41. The number of nitrogens with two attached hydrogens (primary N) is 1. The second-order valence-electron chi connectivity index (χ2n) is 5.66. The molecule has 1 aromatic heterocycles. The lowest BCUT2D eigenvalue weighted by atomic mass is 9.93. The molecule has 2 rings (SSSR count). The maximum absolute atomic E-state index is 6.44. The van der Waals surface area contributed by atoms with Gasteiger partial charge in [-0.3, -0.25) is 0 Å². The van der Waals surface area contributed by atoms with Gasteiger partial charge in [-0.25, -0.2) is 9.97 Å². The number of rotatable bonds is 5.